The Labute approximate surface area is 112 Å². The third-order valence-corrected chi connectivity index (χ3v) is 2.21. The monoisotopic (exact) mass is 299 g/mol. The highest BCUT2D eigenvalue weighted by Crippen LogP contribution is 2.18. The molecular weight excluding hydrogens is 289 g/mol. The van der Waals surface area contributed by atoms with Gasteiger partial charge in [-0.3, -0.25) is 8.95 Å². The Morgan fingerprint density at radius 1 is 1.40 bits per heavy atom. The number of anilines is 1. The van der Waals surface area contributed by atoms with Crippen molar-refractivity contribution in [1.29, 1.82) is 0 Å². The summed E-state index contributed by atoms with van der Waals surface area (Å²) >= 11 is 0. The molecule has 0 amide bonds. The van der Waals surface area contributed by atoms with E-state index in [0.717, 1.165) is 0 Å². The maximum Gasteiger partial charge on any atom is 0.261 e. The van der Waals surface area contributed by atoms with Gasteiger partial charge in [0.1, 0.15) is 12.1 Å². The minimum absolute atomic E-state index is 0.284. The van der Waals surface area contributed by atoms with Crippen LogP contribution in [-0.4, -0.2) is 38.8 Å². The van der Waals surface area contributed by atoms with E-state index in [2.05, 4.69) is 15.2 Å². The largest absolute Gasteiger partial charge is 0.381 e. The zero-order valence-electron chi connectivity index (χ0n) is 10.2. The third-order valence-electron chi connectivity index (χ3n) is 2.21. The van der Waals surface area contributed by atoms with Crippen LogP contribution in [0.4, 0.5) is 10.2 Å². The van der Waals surface area contributed by atoms with Crippen LogP contribution in [0, 0.1) is 5.82 Å². The second kappa shape index (κ2) is 4.98. The standard InChI is InChI=1S/C9H6FN5.CH4O3S/c10-5-1-2-6-7(3-5)15-4-12-14-9(15)8(11)13-6;1-5(2,3)4/h1-4H,(H2,11,13);1H3,(H,2,3,4). The lowest BCUT2D eigenvalue weighted by Crippen LogP contribution is -1.98. The van der Waals surface area contributed by atoms with Crippen LogP contribution < -0.4 is 5.73 Å². The minimum Gasteiger partial charge on any atom is -0.381 e. The molecule has 0 aliphatic rings. The van der Waals surface area contributed by atoms with Gasteiger partial charge in [0, 0.05) is 6.07 Å². The fourth-order valence-electron chi connectivity index (χ4n) is 1.55. The molecule has 0 fully saturated rings. The molecule has 0 aliphatic carbocycles. The summed E-state index contributed by atoms with van der Waals surface area (Å²) in [6.07, 6.45) is 2.20. The lowest BCUT2D eigenvalue weighted by Gasteiger charge is -2.02. The number of halogens is 1. The molecule has 3 N–H and O–H groups in total. The van der Waals surface area contributed by atoms with Crippen LogP contribution in [0.3, 0.4) is 0 Å². The van der Waals surface area contributed by atoms with E-state index in [0.29, 0.717) is 22.9 Å². The average Bonchev–Trinajstić information content (AvgIpc) is 2.78. The Bertz CT molecular complexity index is 869. The van der Waals surface area contributed by atoms with E-state index >= 15 is 0 Å². The number of benzene rings is 1. The van der Waals surface area contributed by atoms with Crippen molar-refractivity contribution in [2.75, 3.05) is 12.0 Å². The summed E-state index contributed by atoms with van der Waals surface area (Å²) in [5.74, 6) is -0.0457. The molecule has 0 unspecified atom stereocenters. The van der Waals surface area contributed by atoms with Gasteiger partial charge in [-0.15, -0.1) is 10.2 Å². The first-order chi connectivity index (χ1) is 9.25. The Morgan fingerprint density at radius 2 is 2.05 bits per heavy atom. The quantitative estimate of drug-likeness (QED) is 0.579. The summed E-state index contributed by atoms with van der Waals surface area (Å²) in [5, 5.41) is 7.51. The van der Waals surface area contributed by atoms with Crippen LogP contribution >= 0.6 is 0 Å². The summed E-state index contributed by atoms with van der Waals surface area (Å²) in [4.78, 5) is 4.10. The van der Waals surface area contributed by atoms with E-state index in [1.165, 1.54) is 18.5 Å². The molecule has 1 aromatic carbocycles. The predicted octanol–water partition coefficient (Wildman–Crippen LogP) is 0.503. The summed E-state index contributed by atoms with van der Waals surface area (Å²) in [5.41, 5.74) is 7.33. The van der Waals surface area contributed by atoms with Crippen LogP contribution in [0.2, 0.25) is 0 Å². The maximum atomic E-state index is 13.1. The van der Waals surface area contributed by atoms with Gasteiger partial charge >= 0.3 is 0 Å². The minimum atomic E-state index is -3.67. The molecule has 2 aromatic heterocycles. The number of fused-ring (bicyclic) bond motifs is 3. The van der Waals surface area contributed by atoms with Crippen LogP contribution in [0.25, 0.3) is 16.7 Å². The Balaban J connectivity index is 0.000000257. The highest BCUT2D eigenvalue weighted by Gasteiger charge is 2.07. The highest BCUT2D eigenvalue weighted by atomic mass is 32.2. The zero-order chi connectivity index (χ0) is 14.9. The van der Waals surface area contributed by atoms with Crippen LogP contribution in [0.5, 0.6) is 0 Å². The Kier molecular flexibility index (Phi) is 3.51. The molecule has 20 heavy (non-hydrogen) atoms. The molecule has 10 heteroatoms. The maximum absolute atomic E-state index is 13.1. The lowest BCUT2D eigenvalue weighted by atomic mass is 10.3. The van der Waals surface area contributed by atoms with E-state index in [4.69, 9.17) is 10.3 Å². The molecule has 3 rings (SSSR count). The van der Waals surface area contributed by atoms with Crippen molar-refractivity contribution in [3.63, 3.8) is 0 Å². The van der Waals surface area contributed by atoms with Crippen molar-refractivity contribution in [2.45, 2.75) is 0 Å². The fourth-order valence-corrected chi connectivity index (χ4v) is 1.55. The SMILES string of the molecule is CS(=O)(=O)O.Nc1nc2ccc(F)cc2n2cnnc12. The average molecular weight is 299 g/mol. The van der Waals surface area contributed by atoms with E-state index in [1.54, 1.807) is 10.5 Å². The number of aromatic nitrogens is 4. The number of hydrogen-bond acceptors (Lipinski definition) is 6. The van der Waals surface area contributed by atoms with Crippen molar-refractivity contribution in [1.82, 2.24) is 19.6 Å². The molecule has 0 aliphatic heterocycles. The molecule has 0 spiro atoms. The molecular formula is C10H10FN5O3S. The molecule has 106 valence electrons. The van der Waals surface area contributed by atoms with Crippen LogP contribution in [0.15, 0.2) is 24.5 Å². The predicted molar refractivity (Wildman–Crippen MR) is 70.1 cm³/mol. The molecule has 8 nitrogen and oxygen atoms in total. The van der Waals surface area contributed by atoms with Crippen LogP contribution in [0.1, 0.15) is 0 Å². The molecule has 0 saturated heterocycles. The van der Waals surface area contributed by atoms with Crippen molar-refractivity contribution < 1.29 is 17.4 Å². The van der Waals surface area contributed by atoms with Crippen LogP contribution in [-0.2, 0) is 10.1 Å². The van der Waals surface area contributed by atoms with E-state index in [9.17, 15) is 12.8 Å². The van der Waals surface area contributed by atoms with Gasteiger partial charge in [0.05, 0.1) is 17.3 Å². The van der Waals surface area contributed by atoms with Crippen molar-refractivity contribution in [2.24, 2.45) is 0 Å². The highest BCUT2D eigenvalue weighted by molar-refractivity contribution is 7.85. The first kappa shape index (κ1) is 14.1. The van der Waals surface area contributed by atoms with Crippen molar-refractivity contribution >= 4 is 32.6 Å². The van der Waals surface area contributed by atoms with Gasteiger partial charge < -0.3 is 5.73 Å². The van der Waals surface area contributed by atoms with Gasteiger partial charge in [-0.25, -0.2) is 9.37 Å². The molecule has 3 aromatic rings. The summed E-state index contributed by atoms with van der Waals surface area (Å²) < 4.78 is 40.5. The third kappa shape index (κ3) is 3.16. The molecule has 0 atom stereocenters. The van der Waals surface area contributed by atoms with E-state index < -0.39 is 10.1 Å². The Morgan fingerprint density at radius 3 is 2.70 bits per heavy atom. The first-order valence-corrected chi connectivity index (χ1v) is 7.07. The topological polar surface area (TPSA) is 123 Å². The van der Waals surface area contributed by atoms with Crippen molar-refractivity contribution in [3.05, 3.63) is 30.3 Å². The molecule has 0 radical (unpaired) electrons. The summed E-state index contributed by atoms with van der Waals surface area (Å²) in [7, 11) is -3.67. The van der Waals surface area contributed by atoms with Crippen molar-refractivity contribution in [3.8, 4) is 0 Å². The molecule has 2 heterocycles. The second-order valence-electron chi connectivity index (χ2n) is 3.89. The smallest absolute Gasteiger partial charge is 0.261 e. The van der Waals surface area contributed by atoms with E-state index in [1.807, 2.05) is 0 Å². The number of nitrogens with zero attached hydrogens (tertiary/aromatic N) is 4. The number of hydrogen-bond donors (Lipinski definition) is 2. The Hall–Kier alpha value is -2.33. The fraction of sp³-hybridized carbons (Fsp3) is 0.100. The van der Waals surface area contributed by atoms with Gasteiger partial charge in [0.2, 0.25) is 5.65 Å². The van der Waals surface area contributed by atoms with Gasteiger partial charge in [0.25, 0.3) is 10.1 Å². The zero-order valence-corrected chi connectivity index (χ0v) is 11.0. The number of rotatable bonds is 0. The van der Waals surface area contributed by atoms with Gasteiger partial charge in [-0.05, 0) is 12.1 Å². The normalized spacial score (nSPS) is 11.3. The molecule has 0 saturated carbocycles. The summed E-state index contributed by atoms with van der Waals surface area (Å²) in [6.45, 7) is 0. The van der Waals surface area contributed by atoms with Gasteiger partial charge in [-0.1, -0.05) is 0 Å². The van der Waals surface area contributed by atoms with Gasteiger partial charge in [0.15, 0.2) is 5.82 Å². The van der Waals surface area contributed by atoms with Gasteiger partial charge in [-0.2, -0.15) is 8.42 Å². The van der Waals surface area contributed by atoms with E-state index in [-0.39, 0.29) is 11.6 Å². The molecule has 0 bridgehead atoms. The second-order valence-corrected chi connectivity index (χ2v) is 5.35. The number of nitrogen functional groups attached to an aromatic ring is 1. The number of nitrogens with two attached hydrogens (primary N) is 1. The first-order valence-electron chi connectivity index (χ1n) is 5.22. The summed E-state index contributed by atoms with van der Waals surface area (Å²) in [6, 6.07) is 4.28. The lowest BCUT2D eigenvalue weighted by molar-refractivity contribution is 0.490.